The van der Waals surface area contributed by atoms with Crippen molar-refractivity contribution in [1.29, 1.82) is 0 Å². The molecule has 104 valence electrons. The normalized spacial score (nSPS) is 10.9. The summed E-state index contributed by atoms with van der Waals surface area (Å²) in [5.74, 6) is 1.09. The Morgan fingerprint density at radius 3 is 2.75 bits per heavy atom. The van der Waals surface area contributed by atoms with Gasteiger partial charge in [0.1, 0.15) is 5.75 Å². The molecule has 0 saturated heterocycles. The molecular formula is C13H15N5O2. The van der Waals surface area contributed by atoms with Crippen LogP contribution >= 0.6 is 0 Å². The van der Waals surface area contributed by atoms with E-state index in [0.717, 1.165) is 11.3 Å². The van der Waals surface area contributed by atoms with Crippen LogP contribution in [-0.2, 0) is 0 Å². The Labute approximate surface area is 115 Å². The summed E-state index contributed by atoms with van der Waals surface area (Å²) in [6, 6.07) is 7.50. The Kier molecular flexibility index (Phi) is 4.43. The van der Waals surface area contributed by atoms with Gasteiger partial charge in [0.2, 0.25) is 0 Å². The van der Waals surface area contributed by atoms with Crippen LogP contribution in [0.1, 0.15) is 19.4 Å². The molecule has 0 aliphatic rings. The van der Waals surface area contributed by atoms with Crippen LogP contribution < -0.4 is 15.9 Å². The first-order chi connectivity index (χ1) is 9.63. The van der Waals surface area contributed by atoms with E-state index in [1.807, 2.05) is 38.1 Å². The molecule has 1 aromatic heterocycles. The molecule has 0 aliphatic carbocycles. The second-order valence-corrected chi connectivity index (χ2v) is 4.28. The first kappa shape index (κ1) is 13.7. The number of H-pyrrole nitrogens is 1. The second-order valence-electron chi connectivity index (χ2n) is 4.28. The van der Waals surface area contributed by atoms with Crippen molar-refractivity contribution in [2.24, 2.45) is 5.10 Å². The Balaban J connectivity index is 1.96. The van der Waals surface area contributed by atoms with Crippen molar-refractivity contribution in [2.45, 2.75) is 20.0 Å². The summed E-state index contributed by atoms with van der Waals surface area (Å²) in [5.41, 5.74) is 2.99. The van der Waals surface area contributed by atoms with Crippen molar-refractivity contribution < 1.29 is 4.74 Å². The van der Waals surface area contributed by atoms with E-state index in [4.69, 9.17) is 4.74 Å². The molecule has 0 bridgehead atoms. The van der Waals surface area contributed by atoms with Crippen LogP contribution in [0.25, 0.3) is 0 Å². The summed E-state index contributed by atoms with van der Waals surface area (Å²) in [4.78, 5) is 14.5. The van der Waals surface area contributed by atoms with E-state index in [1.54, 1.807) is 6.21 Å². The molecule has 20 heavy (non-hydrogen) atoms. The largest absolute Gasteiger partial charge is 0.491 e. The maximum Gasteiger partial charge on any atom is 0.363 e. The van der Waals surface area contributed by atoms with Crippen molar-refractivity contribution in [3.8, 4) is 5.75 Å². The number of rotatable bonds is 5. The van der Waals surface area contributed by atoms with Crippen molar-refractivity contribution in [1.82, 2.24) is 15.2 Å². The van der Waals surface area contributed by atoms with Crippen LogP contribution in [0, 0.1) is 0 Å². The molecule has 1 aromatic carbocycles. The zero-order valence-electron chi connectivity index (χ0n) is 11.2. The van der Waals surface area contributed by atoms with Crippen molar-refractivity contribution in [3.63, 3.8) is 0 Å². The minimum absolute atomic E-state index is 0.144. The summed E-state index contributed by atoms with van der Waals surface area (Å²) in [7, 11) is 0. The van der Waals surface area contributed by atoms with Gasteiger partial charge in [-0.2, -0.15) is 15.2 Å². The fourth-order valence-electron chi connectivity index (χ4n) is 1.44. The van der Waals surface area contributed by atoms with Crippen molar-refractivity contribution >= 4 is 12.0 Å². The quantitative estimate of drug-likeness (QED) is 0.634. The molecule has 7 nitrogen and oxygen atoms in total. The van der Waals surface area contributed by atoms with Gasteiger partial charge >= 0.3 is 5.69 Å². The lowest BCUT2D eigenvalue weighted by atomic mass is 10.2. The predicted octanol–water partition coefficient (Wildman–Crippen LogP) is 1.40. The van der Waals surface area contributed by atoms with Crippen LogP contribution in [0.2, 0.25) is 0 Å². The highest BCUT2D eigenvalue weighted by molar-refractivity contribution is 5.80. The number of hydrogen-bond acceptors (Lipinski definition) is 6. The van der Waals surface area contributed by atoms with E-state index < -0.39 is 5.69 Å². The third-order valence-corrected chi connectivity index (χ3v) is 2.21. The molecule has 2 N–H and O–H groups in total. The summed E-state index contributed by atoms with van der Waals surface area (Å²) in [5, 5.41) is 9.75. The maximum absolute atomic E-state index is 10.9. The lowest BCUT2D eigenvalue weighted by molar-refractivity contribution is 0.242. The highest BCUT2D eigenvalue weighted by Crippen LogP contribution is 2.12. The molecule has 0 fully saturated rings. The SMILES string of the molecule is CC(C)Oc1ccc(/C=N/Nc2cn[nH]c(=O)n2)cc1. The molecule has 0 radical (unpaired) electrons. The van der Waals surface area contributed by atoms with E-state index in [-0.39, 0.29) is 11.9 Å². The summed E-state index contributed by atoms with van der Waals surface area (Å²) < 4.78 is 5.54. The summed E-state index contributed by atoms with van der Waals surface area (Å²) in [6.07, 6.45) is 3.13. The lowest BCUT2D eigenvalue weighted by Gasteiger charge is -2.09. The van der Waals surface area contributed by atoms with E-state index in [1.165, 1.54) is 6.20 Å². The van der Waals surface area contributed by atoms with E-state index >= 15 is 0 Å². The van der Waals surface area contributed by atoms with Crippen LogP contribution in [0.15, 0.2) is 40.4 Å². The predicted molar refractivity (Wildman–Crippen MR) is 76.1 cm³/mol. The van der Waals surface area contributed by atoms with Gasteiger partial charge in [-0.15, -0.1) is 0 Å². The average Bonchev–Trinajstić information content (AvgIpc) is 2.40. The molecule has 1 heterocycles. The number of benzene rings is 1. The Hall–Kier alpha value is -2.70. The number of anilines is 1. The third-order valence-electron chi connectivity index (χ3n) is 2.21. The highest BCUT2D eigenvalue weighted by Gasteiger charge is 1.97. The molecule has 7 heteroatoms. The van der Waals surface area contributed by atoms with Gasteiger partial charge < -0.3 is 4.74 Å². The zero-order chi connectivity index (χ0) is 14.4. The fraction of sp³-hybridized carbons (Fsp3) is 0.231. The van der Waals surface area contributed by atoms with E-state index in [9.17, 15) is 4.79 Å². The lowest BCUT2D eigenvalue weighted by Crippen LogP contribution is -2.13. The van der Waals surface area contributed by atoms with Crippen LogP contribution in [0.5, 0.6) is 5.75 Å². The molecule has 0 saturated carbocycles. The highest BCUT2D eigenvalue weighted by atomic mass is 16.5. The number of aromatic nitrogens is 3. The van der Waals surface area contributed by atoms with Crippen LogP contribution in [0.4, 0.5) is 5.82 Å². The van der Waals surface area contributed by atoms with Gasteiger partial charge in [-0.05, 0) is 43.7 Å². The molecule has 0 aliphatic heterocycles. The second kappa shape index (κ2) is 6.46. The van der Waals surface area contributed by atoms with Gasteiger partial charge in [0, 0.05) is 0 Å². The zero-order valence-corrected chi connectivity index (χ0v) is 11.2. The molecule has 0 atom stereocenters. The Morgan fingerprint density at radius 2 is 2.10 bits per heavy atom. The standard InChI is InChI=1S/C13H15N5O2/c1-9(2)20-11-5-3-10(4-6-11)7-14-17-12-8-15-18-13(19)16-12/h3-9H,1-2H3,(H2,16,17,18,19)/b14-7+. The number of nitrogens with zero attached hydrogens (tertiary/aromatic N) is 3. The number of aromatic amines is 1. The number of hydrogen-bond donors (Lipinski definition) is 2. The number of hydrazone groups is 1. The fourth-order valence-corrected chi connectivity index (χ4v) is 1.44. The summed E-state index contributed by atoms with van der Waals surface area (Å²) in [6.45, 7) is 3.95. The number of nitrogens with one attached hydrogen (secondary N) is 2. The van der Waals surface area contributed by atoms with Gasteiger partial charge in [-0.25, -0.2) is 9.89 Å². The Bertz CT molecular complexity index is 634. The smallest absolute Gasteiger partial charge is 0.363 e. The van der Waals surface area contributed by atoms with Gasteiger partial charge in [-0.1, -0.05) is 0 Å². The molecule has 0 spiro atoms. The van der Waals surface area contributed by atoms with Crippen molar-refractivity contribution in [2.75, 3.05) is 5.43 Å². The first-order valence-corrected chi connectivity index (χ1v) is 6.11. The summed E-state index contributed by atoms with van der Waals surface area (Å²) >= 11 is 0. The molecule has 2 rings (SSSR count). The average molecular weight is 273 g/mol. The molecule has 0 unspecified atom stereocenters. The van der Waals surface area contributed by atoms with Gasteiger partial charge in [0.25, 0.3) is 0 Å². The van der Waals surface area contributed by atoms with Crippen LogP contribution in [0.3, 0.4) is 0 Å². The van der Waals surface area contributed by atoms with E-state index in [2.05, 4.69) is 25.7 Å². The minimum atomic E-state index is -0.527. The molecule has 2 aromatic rings. The molecule has 0 amide bonds. The first-order valence-electron chi connectivity index (χ1n) is 6.11. The van der Waals surface area contributed by atoms with Gasteiger partial charge in [0.15, 0.2) is 5.82 Å². The minimum Gasteiger partial charge on any atom is -0.491 e. The third kappa shape index (κ3) is 4.20. The van der Waals surface area contributed by atoms with Crippen LogP contribution in [-0.4, -0.2) is 27.5 Å². The van der Waals surface area contributed by atoms with E-state index in [0.29, 0.717) is 0 Å². The molecular weight excluding hydrogens is 258 g/mol. The maximum atomic E-state index is 10.9. The van der Waals surface area contributed by atoms with Crippen molar-refractivity contribution in [3.05, 3.63) is 46.5 Å². The number of ether oxygens (including phenoxy) is 1. The van der Waals surface area contributed by atoms with Gasteiger partial charge in [0.05, 0.1) is 18.5 Å². The monoisotopic (exact) mass is 273 g/mol. The van der Waals surface area contributed by atoms with Gasteiger partial charge in [-0.3, -0.25) is 5.43 Å². The Morgan fingerprint density at radius 1 is 1.35 bits per heavy atom. The topological polar surface area (TPSA) is 92.3 Å².